The van der Waals surface area contributed by atoms with Crippen LogP contribution in [-0.4, -0.2) is 23.4 Å². The SMILES string of the molecule is CC(=NOCC=Cc1ccc(C)cc1)C(=O)O. The molecule has 0 amide bonds. The van der Waals surface area contributed by atoms with Crippen molar-refractivity contribution < 1.29 is 14.7 Å². The molecular weight excluding hydrogens is 218 g/mol. The molecule has 0 unspecified atom stereocenters. The first-order chi connectivity index (χ1) is 8.09. The predicted molar refractivity (Wildman–Crippen MR) is 66.9 cm³/mol. The van der Waals surface area contributed by atoms with Crippen LogP contribution in [0.15, 0.2) is 35.5 Å². The number of benzene rings is 1. The Morgan fingerprint density at radius 3 is 2.65 bits per heavy atom. The molecule has 0 aliphatic heterocycles. The molecule has 0 saturated carbocycles. The maximum Gasteiger partial charge on any atom is 0.353 e. The largest absolute Gasteiger partial charge is 0.477 e. The molecule has 4 nitrogen and oxygen atoms in total. The topological polar surface area (TPSA) is 58.9 Å². The average molecular weight is 233 g/mol. The summed E-state index contributed by atoms with van der Waals surface area (Å²) in [6.07, 6.45) is 3.67. The first kappa shape index (κ1) is 13.0. The van der Waals surface area contributed by atoms with Gasteiger partial charge in [-0.1, -0.05) is 41.1 Å². The molecule has 0 saturated heterocycles. The van der Waals surface area contributed by atoms with E-state index in [1.54, 1.807) is 6.08 Å². The standard InChI is InChI=1S/C13H15NO3/c1-10-5-7-12(8-6-10)4-3-9-17-14-11(2)13(15)16/h3-8H,9H2,1-2H3,(H,15,16). The number of carbonyl (C=O) groups is 1. The lowest BCUT2D eigenvalue weighted by Gasteiger charge is -1.96. The van der Waals surface area contributed by atoms with Crippen LogP contribution in [0.1, 0.15) is 18.1 Å². The van der Waals surface area contributed by atoms with E-state index in [0.29, 0.717) is 0 Å². The van der Waals surface area contributed by atoms with E-state index in [9.17, 15) is 4.79 Å². The summed E-state index contributed by atoms with van der Waals surface area (Å²) in [4.78, 5) is 15.2. The number of aliphatic carboxylic acids is 1. The minimum atomic E-state index is -1.08. The molecule has 0 fully saturated rings. The second-order valence-corrected chi connectivity index (χ2v) is 3.59. The highest BCUT2D eigenvalue weighted by atomic mass is 16.6. The maximum absolute atomic E-state index is 10.4. The third-order valence-corrected chi connectivity index (χ3v) is 2.07. The van der Waals surface area contributed by atoms with Crippen molar-refractivity contribution in [1.82, 2.24) is 0 Å². The van der Waals surface area contributed by atoms with Gasteiger partial charge < -0.3 is 9.94 Å². The summed E-state index contributed by atoms with van der Waals surface area (Å²) < 4.78 is 0. The van der Waals surface area contributed by atoms with Crippen molar-refractivity contribution in [2.45, 2.75) is 13.8 Å². The maximum atomic E-state index is 10.4. The van der Waals surface area contributed by atoms with Crippen molar-refractivity contribution in [3.8, 4) is 0 Å². The molecule has 0 radical (unpaired) electrons. The van der Waals surface area contributed by atoms with Gasteiger partial charge >= 0.3 is 5.97 Å². The van der Waals surface area contributed by atoms with E-state index in [0.717, 1.165) is 5.56 Å². The minimum absolute atomic E-state index is 0.0614. The van der Waals surface area contributed by atoms with Gasteiger partial charge in [-0.15, -0.1) is 0 Å². The lowest BCUT2D eigenvalue weighted by molar-refractivity contribution is -0.129. The number of hydrogen-bond donors (Lipinski definition) is 1. The Bertz CT molecular complexity index is 432. The van der Waals surface area contributed by atoms with E-state index in [-0.39, 0.29) is 12.3 Å². The fourth-order valence-electron chi connectivity index (χ4n) is 1.08. The summed E-state index contributed by atoms with van der Waals surface area (Å²) in [5.74, 6) is -1.08. The molecule has 0 aliphatic carbocycles. The number of oxime groups is 1. The van der Waals surface area contributed by atoms with E-state index in [1.165, 1.54) is 12.5 Å². The van der Waals surface area contributed by atoms with Gasteiger partial charge in [0, 0.05) is 0 Å². The summed E-state index contributed by atoms with van der Waals surface area (Å²) in [6.45, 7) is 3.66. The molecule has 17 heavy (non-hydrogen) atoms. The van der Waals surface area contributed by atoms with E-state index >= 15 is 0 Å². The molecule has 1 rings (SSSR count). The van der Waals surface area contributed by atoms with Crippen molar-refractivity contribution in [1.29, 1.82) is 0 Å². The lowest BCUT2D eigenvalue weighted by Crippen LogP contribution is -2.08. The fraction of sp³-hybridized carbons (Fsp3) is 0.231. The van der Waals surface area contributed by atoms with Crippen LogP contribution in [0.3, 0.4) is 0 Å². The zero-order valence-electron chi connectivity index (χ0n) is 9.88. The zero-order valence-corrected chi connectivity index (χ0v) is 9.88. The van der Waals surface area contributed by atoms with Crippen LogP contribution in [0.4, 0.5) is 0 Å². The van der Waals surface area contributed by atoms with Gasteiger partial charge in [0.1, 0.15) is 6.61 Å². The van der Waals surface area contributed by atoms with Crippen molar-refractivity contribution in [2.24, 2.45) is 5.16 Å². The number of rotatable bonds is 5. The molecule has 0 aromatic heterocycles. The van der Waals surface area contributed by atoms with E-state index in [4.69, 9.17) is 9.94 Å². The minimum Gasteiger partial charge on any atom is -0.477 e. The van der Waals surface area contributed by atoms with E-state index in [1.807, 2.05) is 37.3 Å². The summed E-state index contributed by atoms with van der Waals surface area (Å²) >= 11 is 0. The van der Waals surface area contributed by atoms with E-state index < -0.39 is 5.97 Å². The van der Waals surface area contributed by atoms with Crippen LogP contribution >= 0.6 is 0 Å². The Balaban J connectivity index is 2.39. The Labute approximate surface area is 100 Å². The van der Waals surface area contributed by atoms with Crippen LogP contribution in [0.5, 0.6) is 0 Å². The van der Waals surface area contributed by atoms with Crippen molar-refractivity contribution in [3.63, 3.8) is 0 Å². The fourth-order valence-corrected chi connectivity index (χ4v) is 1.08. The van der Waals surface area contributed by atoms with Gasteiger partial charge in [0.15, 0.2) is 5.71 Å². The zero-order chi connectivity index (χ0) is 12.7. The van der Waals surface area contributed by atoms with Gasteiger partial charge in [-0.3, -0.25) is 0 Å². The number of carboxylic acid groups (broad SMARTS) is 1. The number of aryl methyl sites for hydroxylation is 1. The van der Waals surface area contributed by atoms with Gasteiger partial charge in [-0.2, -0.15) is 0 Å². The van der Waals surface area contributed by atoms with Crippen LogP contribution in [-0.2, 0) is 9.63 Å². The first-order valence-corrected chi connectivity index (χ1v) is 5.22. The Kier molecular flexibility index (Phi) is 4.94. The highest BCUT2D eigenvalue weighted by Crippen LogP contribution is 2.04. The molecule has 90 valence electrons. The molecule has 4 heteroatoms. The van der Waals surface area contributed by atoms with Crippen LogP contribution in [0, 0.1) is 6.92 Å². The third-order valence-electron chi connectivity index (χ3n) is 2.07. The monoisotopic (exact) mass is 233 g/mol. The molecule has 0 spiro atoms. The highest BCUT2D eigenvalue weighted by Gasteiger charge is 2.00. The number of nitrogens with zero attached hydrogens (tertiary/aromatic N) is 1. The molecule has 0 heterocycles. The molecule has 0 aliphatic rings. The molecule has 1 aromatic rings. The molecule has 0 bridgehead atoms. The van der Waals surface area contributed by atoms with Crippen molar-refractivity contribution in [2.75, 3.05) is 6.61 Å². The van der Waals surface area contributed by atoms with Crippen LogP contribution in [0.25, 0.3) is 6.08 Å². The molecular formula is C13H15NO3. The second kappa shape index (κ2) is 6.48. The van der Waals surface area contributed by atoms with Gasteiger partial charge in [0.2, 0.25) is 0 Å². The van der Waals surface area contributed by atoms with Crippen molar-refractivity contribution >= 4 is 17.8 Å². The van der Waals surface area contributed by atoms with Gasteiger partial charge in [0.25, 0.3) is 0 Å². The Hall–Kier alpha value is -2.10. The van der Waals surface area contributed by atoms with Gasteiger partial charge in [-0.25, -0.2) is 4.79 Å². The molecule has 1 N–H and O–H groups in total. The quantitative estimate of drug-likeness (QED) is 0.483. The summed E-state index contributed by atoms with van der Waals surface area (Å²) in [7, 11) is 0. The summed E-state index contributed by atoms with van der Waals surface area (Å²) in [5, 5.41) is 11.9. The third kappa shape index (κ3) is 4.97. The van der Waals surface area contributed by atoms with Gasteiger partial charge in [0.05, 0.1) is 0 Å². The normalized spacial score (nSPS) is 11.8. The van der Waals surface area contributed by atoms with Crippen LogP contribution in [0.2, 0.25) is 0 Å². The smallest absolute Gasteiger partial charge is 0.353 e. The molecule has 1 aromatic carbocycles. The average Bonchev–Trinajstić information content (AvgIpc) is 2.30. The van der Waals surface area contributed by atoms with Crippen molar-refractivity contribution in [3.05, 3.63) is 41.5 Å². The van der Waals surface area contributed by atoms with Gasteiger partial charge in [-0.05, 0) is 25.5 Å². The highest BCUT2D eigenvalue weighted by molar-refractivity contribution is 6.34. The Morgan fingerprint density at radius 2 is 2.06 bits per heavy atom. The lowest BCUT2D eigenvalue weighted by atomic mass is 10.1. The summed E-state index contributed by atoms with van der Waals surface area (Å²) in [6, 6.07) is 8.04. The number of carboxylic acids is 1. The first-order valence-electron chi connectivity index (χ1n) is 5.22. The molecule has 0 atom stereocenters. The second-order valence-electron chi connectivity index (χ2n) is 3.59. The predicted octanol–water partition coefficient (Wildman–Crippen LogP) is 2.49. The number of hydrogen-bond acceptors (Lipinski definition) is 3. The van der Waals surface area contributed by atoms with Crippen LogP contribution < -0.4 is 0 Å². The summed E-state index contributed by atoms with van der Waals surface area (Å²) in [5.41, 5.74) is 2.21. The van der Waals surface area contributed by atoms with E-state index in [2.05, 4.69) is 5.16 Å². The Morgan fingerprint density at radius 1 is 1.41 bits per heavy atom.